The number of rotatable bonds is 6. The third kappa shape index (κ3) is 6.28. The van der Waals surface area contributed by atoms with Crippen LogP contribution in [0, 0.1) is 11.8 Å². The lowest BCUT2D eigenvalue weighted by molar-refractivity contribution is -0.125. The number of aryl methyl sites for hydroxylation is 1. The average Bonchev–Trinajstić information content (AvgIpc) is 2.82. The van der Waals surface area contributed by atoms with E-state index in [-0.39, 0.29) is 24.3 Å². The van der Waals surface area contributed by atoms with Crippen molar-refractivity contribution in [3.05, 3.63) is 65.5 Å². The number of nitrogens with one attached hydrogen (secondary N) is 2. The van der Waals surface area contributed by atoms with Gasteiger partial charge in [-0.25, -0.2) is 9.97 Å². The Kier molecular flexibility index (Phi) is 8.35. The summed E-state index contributed by atoms with van der Waals surface area (Å²) in [5, 5.41) is 7.60. The zero-order chi connectivity index (χ0) is 23.8. The van der Waals surface area contributed by atoms with Crippen LogP contribution in [-0.2, 0) is 29.0 Å². The monoisotopic (exact) mass is 447 g/mol. The molecule has 4 rings (SSSR count). The fraction of sp³-hybridized carbons (Fsp3) is 0.385. The normalized spacial score (nSPS) is 15.7. The molecule has 4 N–H and O–H groups in total. The highest BCUT2D eigenvalue weighted by atomic mass is 16.1. The van der Waals surface area contributed by atoms with Crippen LogP contribution in [0.5, 0.6) is 0 Å². The van der Waals surface area contributed by atoms with E-state index in [2.05, 4.69) is 66.4 Å². The molecular formula is C26H33N5O2. The Balaban J connectivity index is 0.000000968. The summed E-state index contributed by atoms with van der Waals surface area (Å²) in [4.78, 5) is 30.8. The lowest BCUT2D eigenvalue weighted by Gasteiger charge is -2.24. The van der Waals surface area contributed by atoms with Gasteiger partial charge in [-0.15, -0.1) is 0 Å². The first-order valence-corrected chi connectivity index (χ1v) is 11.4. The molecule has 1 aromatic heterocycles. The number of para-hydroxylation sites is 1. The van der Waals surface area contributed by atoms with Gasteiger partial charge in [0.15, 0.2) is 5.82 Å². The highest BCUT2D eigenvalue weighted by molar-refractivity contribution is 5.89. The van der Waals surface area contributed by atoms with Gasteiger partial charge in [-0.2, -0.15) is 0 Å². The first-order chi connectivity index (χ1) is 15.9. The second-order valence-electron chi connectivity index (χ2n) is 8.74. The Bertz CT molecular complexity index is 1100. The summed E-state index contributed by atoms with van der Waals surface area (Å²) in [6, 6.07) is 16.7. The summed E-state index contributed by atoms with van der Waals surface area (Å²) >= 11 is 0. The van der Waals surface area contributed by atoms with Crippen molar-refractivity contribution < 1.29 is 9.59 Å². The first kappa shape index (κ1) is 24.2. The van der Waals surface area contributed by atoms with E-state index in [4.69, 9.17) is 9.78 Å². The van der Waals surface area contributed by atoms with E-state index < -0.39 is 0 Å². The second kappa shape index (κ2) is 11.4. The molecule has 1 aliphatic rings. The van der Waals surface area contributed by atoms with Gasteiger partial charge in [-0.3, -0.25) is 9.59 Å². The van der Waals surface area contributed by atoms with E-state index in [1.165, 1.54) is 11.1 Å². The molecule has 0 spiro atoms. The Morgan fingerprint density at radius 1 is 1.09 bits per heavy atom. The minimum atomic E-state index is 0.0129. The van der Waals surface area contributed by atoms with E-state index in [0.717, 1.165) is 36.0 Å². The third-order valence-electron chi connectivity index (χ3n) is 6.15. The molecule has 0 saturated carbocycles. The van der Waals surface area contributed by atoms with E-state index in [9.17, 15) is 4.79 Å². The molecule has 0 fully saturated rings. The summed E-state index contributed by atoms with van der Waals surface area (Å²) in [7, 11) is 0. The van der Waals surface area contributed by atoms with E-state index in [1.54, 1.807) is 0 Å². The fourth-order valence-corrected chi connectivity index (χ4v) is 3.93. The highest BCUT2D eigenvalue weighted by Crippen LogP contribution is 2.26. The zero-order valence-electron chi connectivity index (χ0n) is 19.5. The molecule has 1 aliphatic carbocycles. The number of hydrogen-bond donors (Lipinski definition) is 3. The fourth-order valence-electron chi connectivity index (χ4n) is 3.93. The number of nitrogens with two attached hydrogens (primary N) is 1. The summed E-state index contributed by atoms with van der Waals surface area (Å²) in [5.74, 6) is 2.05. The third-order valence-corrected chi connectivity index (χ3v) is 6.15. The van der Waals surface area contributed by atoms with Gasteiger partial charge < -0.3 is 16.4 Å². The molecule has 2 unspecified atom stereocenters. The minimum Gasteiger partial charge on any atom is -0.372 e. The minimum absolute atomic E-state index is 0.0129. The topological polar surface area (TPSA) is 110 Å². The number of aromatic nitrogens is 2. The molecule has 2 atom stereocenters. The number of nitrogens with zero attached hydrogens (tertiary/aromatic N) is 2. The van der Waals surface area contributed by atoms with Crippen molar-refractivity contribution >= 4 is 29.0 Å². The van der Waals surface area contributed by atoms with Crippen LogP contribution in [-0.4, -0.2) is 28.3 Å². The summed E-state index contributed by atoms with van der Waals surface area (Å²) in [6.45, 7) is 6.87. The molecule has 2 aromatic carbocycles. The van der Waals surface area contributed by atoms with Crippen LogP contribution in [0.2, 0.25) is 0 Å². The lowest BCUT2D eigenvalue weighted by Crippen LogP contribution is -2.34. The Morgan fingerprint density at radius 2 is 1.76 bits per heavy atom. The van der Waals surface area contributed by atoms with Gasteiger partial charge in [0, 0.05) is 17.3 Å². The highest BCUT2D eigenvalue weighted by Gasteiger charge is 2.24. The van der Waals surface area contributed by atoms with Crippen LogP contribution in [0.1, 0.15) is 44.1 Å². The molecule has 2 amide bonds. The van der Waals surface area contributed by atoms with Crippen molar-refractivity contribution in [3.8, 4) is 0 Å². The SMILES string of the molecule is CC(C)C(C)Nc1nc(CNC(=O)C2CCc3ccccc3C2)nc2ccccc12.NC=O. The van der Waals surface area contributed by atoms with Gasteiger partial charge in [0.25, 0.3) is 0 Å². The van der Waals surface area contributed by atoms with Gasteiger partial charge in [0.1, 0.15) is 5.82 Å². The van der Waals surface area contributed by atoms with E-state index in [1.807, 2.05) is 24.3 Å². The summed E-state index contributed by atoms with van der Waals surface area (Å²) in [6.07, 6.45) is 2.90. The number of amides is 2. The maximum Gasteiger partial charge on any atom is 0.223 e. The average molecular weight is 448 g/mol. The molecule has 174 valence electrons. The molecular weight excluding hydrogens is 414 g/mol. The van der Waals surface area contributed by atoms with Gasteiger partial charge >= 0.3 is 0 Å². The van der Waals surface area contributed by atoms with Crippen LogP contribution in [0.25, 0.3) is 10.9 Å². The molecule has 7 nitrogen and oxygen atoms in total. The second-order valence-corrected chi connectivity index (χ2v) is 8.74. The number of benzene rings is 2. The first-order valence-electron chi connectivity index (χ1n) is 11.4. The van der Waals surface area contributed by atoms with Crippen LogP contribution in [0.4, 0.5) is 5.82 Å². The van der Waals surface area contributed by atoms with Crippen molar-refractivity contribution in [1.82, 2.24) is 15.3 Å². The molecule has 0 bridgehead atoms. The zero-order valence-corrected chi connectivity index (χ0v) is 19.5. The van der Waals surface area contributed by atoms with Gasteiger partial charge in [0.2, 0.25) is 12.3 Å². The predicted molar refractivity (Wildman–Crippen MR) is 132 cm³/mol. The van der Waals surface area contributed by atoms with Crippen LogP contribution >= 0.6 is 0 Å². The van der Waals surface area contributed by atoms with Gasteiger partial charge in [-0.05, 0) is 55.4 Å². The number of carbonyl (C=O) groups excluding carboxylic acids is 2. The van der Waals surface area contributed by atoms with Crippen LogP contribution < -0.4 is 16.4 Å². The lowest BCUT2D eigenvalue weighted by atomic mass is 9.83. The summed E-state index contributed by atoms with van der Waals surface area (Å²) in [5.41, 5.74) is 7.72. The quantitative estimate of drug-likeness (QED) is 0.500. The Hall–Kier alpha value is -3.48. The van der Waals surface area contributed by atoms with Gasteiger partial charge in [-0.1, -0.05) is 50.2 Å². The molecule has 0 radical (unpaired) electrons. The van der Waals surface area contributed by atoms with E-state index >= 15 is 0 Å². The Labute approximate surface area is 195 Å². The number of anilines is 1. The standard InChI is InChI=1S/C25H30N4O.CH3NO/c1-16(2)17(3)27-24-21-10-6-7-11-22(21)28-23(29-24)15-26-25(30)20-13-12-18-8-4-5-9-19(18)14-20;2-1-3/h4-11,16-17,20H,12-15H2,1-3H3,(H,26,30)(H,27,28,29);1H,(H2,2,3). The smallest absolute Gasteiger partial charge is 0.223 e. The number of fused-ring (bicyclic) bond motifs is 2. The number of primary amides is 1. The Morgan fingerprint density at radius 3 is 2.48 bits per heavy atom. The maximum absolute atomic E-state index is 12.8. The van der Waals surface area contributed by atoms with Gasteiger partial charge in [0.05, 0.1) is 12.1 Å². The molecule has 3 aromatic rings. The molecule has 0 saturated heterocycles. The number of hydrogen-bond acceptors (Lipinski definition) is 5. The molecule has 1 heterocycles. The predicted octanol–water partition coefficient (Wildman–Crippen LogP) is 3.61. The molecule has 33 heavy (non-hydrogen) atoms. The van der Waals surface area contributed by atoms with Crippen molar-refractivity contribution in [2.45, 2.75) is 52.6 Å². The van der Waals surface area contributed by atoms with E-state index in [0.29, 0.717) is 18.3 Å². The summed E-state index contributed by atoms with van der Waals surface area (Å²) < 4.78 is 0. The maximum atomic E-state index is 12.8. The van der Waals surface area contributed by atoms with Crippen molar-refractivity contribution in [1.29, 1.82) is 0 Å². The molecule has 0 aliphatic heterocycles. The molecule has 7 heteroatoms. The van der Waals surface area contributed by atoms with Crippen LogP contribution in [0.3, 0.4) is 0 Å². The van der Waals surface area contributed by atoms with Crippen molar-refractivity contribution in [3.63, 3.8) is 0 Å². The number of carbonyl (C=O) groups is 2. The van der Waals surface area contributed by atoms with Crippen LogP contribution in [0.15, 0.2) is 48.5 Å². The van der Waals surface area contributed by atoms with Crippen molar-refractivity contribution in [2.24, 2.45) is 17.6 Å². The van der Waals surface area contributed by atoms with Crippen molar-refractivity contribution in [2.75, 3.05) is 5.32 Å². The largest absolute Gasteiger partial charge is 0.372 e.